The molecule has 1 aliphatic rings. The number of morpholine rings is 1. The van der Waals surface area contributed by atoms with Gasteiger partial charge in [0.25, 0.3) is 10.8 Å². The molecule has 1 saturated heterocycles. The molecular weight excluding hydrogens is 420 g/mol. The first-order valence-electron chi connectivity index (χ1n) is 10.0. The molecule has 1 aromatic carbocycles. The maximum atomic E-state index is 13.0. The molecule has 0 atom stereocenters. The van der Waals surface area contributed by atoms with Gasteiger partial charge in [-0.1, -0.05) is 23.9 Å². The first-order valence-corrected chi connectivity index (χ1v) is 11.0. The molecule has 1 fully saturated rings. The van der Waals surface area contributed by atoms with E-state index in [-0.39, 0.29) is 5.56 Å². The molecule has 162 valence electrons. The van der Waals surface area contributed by atoms with Crippen LogP contribution in [0.25, 0.3) is 22.3 Å². The number of imidazole rings is 1. The van der Waals surface area contributed by atoms with E-state index in [9.17, 15) is 9.59 Å². The standard InChI is InChI=1S/C20H22N6O4S/c1-23-16-15(17(27)24(2)20(23)28)26(18(22-16)25-7-10-29-11-8-25)9-12-31-19-21-13-5-3-4-6-14(13)30-19/h3-6H,7-12H2,1-2H3. The number of ether oxygens (including phenoxy) is 1. The zero-order chi connectivity index (χ0) is 21.5. The van der Waals surface area contributed by atoms with Crippen LogP contribution in [0.4, 0.5) is 5.95 Å². The molecule has 5 rings (SSSR count). The summed E-state index contributed by atoms with van der Waals surface area (Å²) >= 11 is 1.48. The highest BCUT2D eigenvalue weighted by Gasteiger charge is 2.24. The van der Waals surface area contributed by atoms with Crippen molar-refractivity contribution >= 4 is 40.0 Å². The number of aromatic nitrogens is 5. The van der Waals surface area contributed by atoms with E-state index >= 15 is 0 Å². The normalized spacial score (nSPS) is 14.7. The van der Waals surface area contributed by atoms with E-state index < -0.39 is 5.69 Å². The number of oxazole rings is 1. The fraction of sp³-hybridized carbons (Fsp3) is 0.400. The van der Waals surface area contributed by atoms with Gasteiger partial charge >= 0.3 is 5.69 Å². The maximum absolute atomic E-state index is 13.0. The lowest BCUT2D eigenvalue weighted by Crippen LogP contribution is -2.38. The Bertz CT molecular complexity index is 1350. The van der Waals surface area contributed by atoms with Crippen molar-refractivity contribution in [3.63, 3.8) is 0 Å². The van der Waals surface area contributed by atoms with Gasteiger partial charge in [0.2, 0.25) is 5.95 Å². The molecule has 4 aromatic rings. The summed E-state index contributed by atoms with van der Waals surface area (Å²) in [5.41, 5.74) is 1.63. The summed E-state index contributed by atoms with van der Waals surface area (Å²) in [5, 5.41) is 0.582. The number of rotatable bonds is 5. The second kappa shape index (κ2) is 7.89. The van der Waals surface area contributed by atoms with E-state index in [1.165, 1.54) is 23.4 Å². The predicted octanol–water partition coefficient (Wildman–Crippen LogP) is 1.20. The fourth-order valence-electron chi connectivity index (χ4n) is 3.79. The third-order valence-corrected chi connectivity index (χ3v) is 6.24. The Morgan fingerprint density at radius 3 is 2.61 bits per heavy atom. The van der Waals surface area contributed by atoms with Crippen molar-refractivity contribution in [2.24, 2.45) is 14.1 Å². The molecule has 31 heavy (non-hydrogen) atoms. The van der Waals surface area contributed by atoms with Gasteiger partial charge in [0.15, 0.2) is 16.7 Å². The van der Waals surface area contributed by atoms with Crippen molar-refractivity contribution in [3.05, 3.63) is 45.1 Å². The number of para-hydroxylation sites is 2. The minimum absolute atomic E-state index is 0.350. The van der Waals surface area contributed by atoms with Crippen LogP contribution in [0.3, 0.4) is 0 Å². The Morgan fingerprint density at radius 2 is 1.84 bits per heavy atom. The molecule has 3 aromatic heterocycles. The van der Waals surface area contributed by atoms with E-state index in [1.807, 2.05) is 28.8 Å². The molecule has 0 amide bonds. The Hall–Kier alpha value is -3.05. The van der Waals surface area contributed by atoms with Crippen LogP contribution in [-0.4, -0.2) is 55.7 Å². The summed E-state index contributed by atoms with van der Waals surface area (Å²) in [6.45, 7) is 3.06. The average molecular weight is 443 g/mol. The lowest BCUT2D eigenvalue weighted by atomic mass is 10.3. The molecule has 0 unspecified atom stereocenters. The first-order chi connectivity index (χ1) is 15.0. The lowest BCUT2D eigenvalue weighted by Gasteiger charge is -2.28. The Balaban J connectivity index is 1.52. The van der Waals surface area contributed by atoms with Crippen LogP contribution in [0, 0.1) is 0 Å². The average Bonchev–Trinajstić information content (AvgIpc) is 3.38. The van der Waals surface area contributed by atoms with Gasteiger partial charge in [-0.15, -0.1) is 0 Å². The summed E-state index contributed by atoms with van der Waals surface area (Å²) in [6.07, 6.45) is 0. The molecule has 0 bridgehead atoms. The summed E-state index contributed by atoms with van der Waals surface area (Å²) in [6, 6.07) is 7.63. The Kier molecular flexibility index (Phi) is 5.06. The van der Waals surface area contributed by atoms with E-state index in [2.05, 4.69) is 9.88 Å². The number of hydrogen-bond donors (Lipinski definition) is 0. The van der Waals surface area contributed by atoms with Crippen LogP contribution in [0.15, 0.2) is 43.5 Å². The van der Waals surface area contributed by atoms with E-state index in [4.69, 9.17) is 14.1 Å². The van der Waals surface area contributed by atoms with E-state index in [0.717, 1.165) is 15.7 Å². The van der Waals surface area contributed by atoms with Crippen LogP contribution < -0.4 is 16.1 Å². The van der Waals surface area contributed by atoms with Gasteiger partial charge in [-0.2, -0.15) is 4.98 Å². The summed E-state index contributed by atoms with van der Waals surface area (Å²) in [4.78, 5) is 36.7. The van der Waals surface area contributed by atoms with Gasteiger partial charge in [-0.3, -0.25) is 13.9 Å². The number of anilines is 1. The number of aryl methyl sites for hydroxylation is 2. The summed E-state index contributed by atoms with van der Waals surface area (Å²) in [7, 11) is 3.13. The van der Waals surface area contributed by atoms with Gasteiger partial charge in [0.05, 0.1) is 13.2 Å². The number of nitrogens with zero attached hydrogens (tertiary/aromatic N) is 6. The minimum Gasteiger partial charge on any atom is -0.431 e. The molecule has 11 heteroatoms. The van der Waals surface area contributed by atoms with Gasteiger partial charge < -0.3 is 18.6 Å². The van der Waals surface area contributed by atoms with Gasteiger partial charge in [-0.25, -0.2) is 9.78 Å². The first kappa shape index (κ1) is 19.9. The van der Waals surface area contributed by atoms with Crippen molar-refractivity contribution in [1.82, 2.24) is 23.7 Å². The highest BCUT2D eigenvalue weighted by molar-refractivity contribution is 7.99. The molecule has 0 aliphatic carbocycles. The monoisotopic (exact) mass is 442 g/mol. The molecule has 0 N–H and O–H groups in total. The highest BCUT2D eigenvalue weighted by Crippen LogP contribution is 2.25. The molecule has 0 spiro atoms. The predicted molar refractivity (Wildman–Crippen MR) is 118 cm³/mol. The van der Waals surface area contributed by atoms with Crippen LogP contribution in [0.5, 0.6) is 0 Å². The van der Waals surface area contributed by atoms with Crippen molar-refractivity contribution in [2.75, 3.05) is 37.0 Å². The molecule has 0 saturated carbocycles. The molecule has 4 heterocycles. The van der Waals surface area contributed by atoms with E-state index in [0.29, 0.717) is 60.9 Å². The van der Waals surface area contributed by atoms with Crippen molar-refractivity contribution < 1.29 is 9.15 Å². The largest absolute Gasteiger partial charge is 0.431 e. The Labute approximate surface area is 181 Å². The van der Waals surface area contributed by atoms with Crippen LogP contribution in [-0.2, 0) is 25.4 Å². The second-order valence-corrected chi connectivity index (χ2v) is 8.38. The second-order valence-electron chi connectivity index (χ2n) is 7.34. The minimum atomic E-state index is -0.392. The number of benzene rings is 1. The third-order valence-electron chi connectivity index (χ3n) is 5.44. The van der Waals surface area contributed by atoms with Crippen molar-refractivity contribution in [1.29, 1.82) is 0 Å². The quantitative estimate of drug-likeness (QED) is 0.425. The maximum Gasteiger partial charge on any atom is 0.332 e. The van der Waals surface area contributed by atoms with Crippen LogP contribution in [0.1, 0.15) is 0 Å². The van der Waals surface area contributed by atoms with Gasteiger partial charge in [0.1, 0.15) is 5.52 Å². The fourth-order valence-corrected chi connectivity index (χ4v) is 4.55. The van der Waals surface area contributed by atoms with Crippen LogP contribution in [0.2, 0.25) is 0 Å². The summed E-state index contributed by atoms with van der Waals surface area (Å²) in [5.74, 6) is 1.30. The zero-order valence-electron chi connectivity index (χ0n) is 17.3. The zero-order valence-corrected chi connectivity index (χ0v) is 18.1. The SMILES string of the molecule is Cn1c(=O)c2c(nc(N3CCOCC3)n2CCSc2nc3ccccc3o2)n(C)c1=O. The number of fused-ring (bicyclic) bond motifs is 2. The van der Waals surface area contributed by atoms with Crippen molar-refractivity contribution in [2.45, 2.75) is 11.8 Å². The molecular formula is C20H22N6O4S. The summed E-state index contributed by atoms with van der Waals surface area (Å²) < 4.78 is 15.7. The van der Waals surface area contributed by atoms with Gasteiger partial charge in [0, 0.05) is 39.5 Å². The van der Waals surface area contributed by atoms with Crippen LogP contribution >= 0.6 is 11.8 Å². The van der Waals surface area contributed by atoms with Crippen molar-refractivity contribution in [3.8, 4) is 0 Å². The number of hydrogen-bond acceptors (Lipinski definition) is 8. The molecule has 1 aliphatic heterocycles. The van der Waals surface area contributed by atoms with Gasteiger partial charge in [-0.05, 0) is 12.1 Å². The number of thioether (sulfide) groups is 1. The molecule has 10 nitrogen and oxygen atoms in total. The Morgan fingerprint density at radius 1 is 1.06 bits per heavy atom. The molecule has 0 radical (unpaired) electrons. The third kappa shape index (κ3) is 3.43. The highest BCUT2D eigenvalue weighted by atomic mass is 32.2. The van der Waals surface area contributed by atoms with E-state index in [1.54, 1.807) is 7.05 Å². The lowest BCUT2D eigenvalue weighted by molar-refractivity contribution is 0.121. The topological polar surface area (TPSA) is 100 Å². The smallest absolute Gasteiger partial charge is 0.332 e.